The molecule has 1 amide bonds. The van der Waals surface area contributed by atoms with E-state index in [9.17, 15) is 14.0 Å². The Morgan fingerprint density at radius 2 is 1.84 bits per heavy atom. The van der Waals surface area contributed by atoms with Crippen LogP contribution >= 0.6 is 0 Å². The first kappa shape index (κ1) is 24.2. The number of nitrogens with zero attached hydrogens (tertiary/aromatic N) is 5. The van der Waals surface area contributed by atoms with Crippen LogP contribution in [-0.2, 0) is 4.79 Å². The van der Waals surface area contributed by atoms with Gasteiger partial charge in [-0.3, -0.25) is 9.59 Å². The molecule has 37 heavy (non-hydrogen) atoms. The number of rotatable bonds is 5. The summed E-state index contributed by atoms with van der Waals surface area (Å²) < 4.78 is 30.2. The summed E-state index contributed by atoms with van der Waals surface area (Å²) in [4.78, 5) is 35.1. The molecule has 1 fully saturated rings. The second-order valence-corrected chi connectivity index (χ2v) is 8.90. The molecular weight excluding hydrogens is 478 g/mol. The van der Waals surface area contributed by atoms with Crippen molar-refractivity contribution in [1.82, 2.24) is 24.6 Å². The quantitative estimate of drug-likeness (QED) is 0.322. The fourth-order valence-electron chi connectivity index (χ4n) is 4.73. The third-order valence-electron chi connectivity index (χ3n) is 6.64. The van der Waals surface area contributed by atoms with E-state index in [1.807, 2.05) is 0 Å². The van der Waals surface area contributed by atoms with Gasteiger partial charge in [0.1, 0.15) is 29.5 Å². The minimum atomic E-state index is -0.738. The van der Waals surface area contributed by atoms with Crippen LogP contribution in [0.25, 0.3) is 22.3 Å². The highest BCUT2D eigenvalue weighted by molar-refractivity contribution is 6.09. The Balaban J connectivity index is 1.52. The number of benzene rings is 2. The molecule has 1 unspecified atom stereocenters. The number of hydrogen-bond acceptors (Lipinski definition) is 6. The van der Waals surface area contributed by atoms with Crippen LogP contribution in [0.2, 0.25) is 0 Å². The van der Waals surface area contributed by atoms with E-state index in [4.69, 9.17) is 10.8 Å². The van der Waals surface area contributed by atoms with Gasteiger partial charge in [0, 0.05) is 24.2 Å². The first-order valence-electron chi connectivity index (χ1n) is 11.9. The van der Waals surface area contributed by atoms with Crippen molar-refractivity contribution in [3.8, 4) is 11.3 Å². The number of fused-ring (bicyclic) bond motifs is 1. The van der Waals surface area contributed by atoms with Crippen LogP contribution in [0.3, 0.4) is 0 Å². The van der Waals surface area contributed by atoms with Crippen molar-refractivity contribution in [1.29, 1.82) is 0 Å². The number of aromatic nitrogens is 4. The summed E-state index contributed by atoms with van der Waals surface area (Å²) in [7, 11) is 0. The third kappa shape index (κ3) is 4.57. The van der Waals surface area contributed by atoms with Crippen LogP contribution in [0, 0.1) is 11.6 Å². The number of anilines is 1. The highest BCUT2D eigenvalue weighted by Gasteiger charge is 2.26. The Hall–Kier alpha value is -4.47. The van der Waals surface area contributed by atoms with Crippen LogP contribution in [0.5, 0.6) is 0 Å². The molecule has 10 heteroatoms. The van der Waals surface area contributed by atoms with Crippen molar-refractivity contribution in [3.05, 3.63) is 84.2 Å². The van der Waals surface area contributed by atoms with Crippen LogP contribution in [0.4, 0.5) is 14.6 Å². The zero-order valence-electron chi connectivity index (χ0n) is 19.9. The molecule has 1 atom stereocenters. The van der Waals surface area contributed by atoms with Gasteiger partial charge in [0.15, 0.2) is 11.4 Å². The molecular formula is C27H24F2N6O2. The molecule has 188 valence electrons. The lowest BCUT2D eigenvalue weighted by Gasteiger charge is -2.19. The maximum Gasteiger partial charge on any atom is 0.245 e. The summed E-state index contributed by atoms with van der Waals surface area (Å²) in [6.45, 7) is 4.74. The van der Waals surface area contributed by atoms with Gasteiger partial charge in [0.25, 0.3) is 0 Å². The molecule has 2 aromatic heterocycles. The summed E-state index contributed by atoms with van der Waals surface area (Å²) in [6, 6.07) is 9.08. The summed E-state index contributed by atoms with van der Waals surface area (Å²) in [5, 5.41) is 5.27. The maximum atomic E-state index is 15.2. The fourth-order valence-corrected chi connectivity index (χ4v) is 4.73. The minimum Gasteiger partial charge on any atom is -0.383 e. The smallest absolute Gasteiger partial charge is 0.245 e. The minimum absolute atomic E-state index is 0.0580. The summed E-state index contributed by atoms with van der Waals surface area (Å²) in [5.74, 6) is -1.68. The molecule has 1 aliphatic heterocycles. The van der Waals surface area contributed by atoms with E-state index in [0.29, 0.717) is 41.8 Å². The molecule has 0 bridgehead atoms. The highest BCUT2D eigenvalue weighted by Crippen LogP contribution is 2.35. The first-order chi connectivity index (χ1) is 17.9. The number of likely N-dealkylation sites (tertiary alicyclic amines) is 1. The Morgan fingerprint density at radius 3 is 2.57 bits per heavy atom. The van der Waals surface area contributed by atoms with Crippen LogP contribution < -0.4 is 5.73 Å². The van der Waals surface area contributed by atoms with Gasteiger partial charge in [-0.2, -0.15) is 5.10 Å². The molecule has 0 saturated carbocycles. The SMILES string of the molecule is C=CC(=O)N1CCCC(n2nc(-c3ccc(C(=O)c4ccc(F)cc4)c(F)c3)c3c(N)ncnc32)CC1. The summed E-state index contributed by atoms with van der Waals surface area (Å²) >= 11 is 0. The predicted molar refractivity (Wildman–Crippen MR) is 135 cm³/mol. The highest BCUT2D eigenvalue weighted by atomic mass is 19.1. The molecule has 5 rings (SSSR count). The maximum absolute atomic E-state index is 15.2. The number of ketones is 1. The van der Waals surface area contributed by atoms with Gasteiger partial charge in [-0.1, -0.05) is 12.6 Å². The zero-order chi connectivity index (χ0) is 26.1. The van der Waals surface area contributed by atoms with E-state index in [-0.39, 0.29) is 28.9 Å². The lowest BCUT2D eigenvalue weighted by atomic mass is 10.00. The van der Waals surface area contributed by atoms with E-state index in [1.165, 1.54) is 36.7 Å². The van der Waals surface area contributed by atoms with Crippen molar-refractivity contribution in [2.45, 2.75) is 25.3 Å². The molecule has 4 aromatic rings. The van der Waals surface area contributed by atoms with Crippen LogP contribution in [0.15, 0.2) is 61.4 Å². The predicted octanol–water partition coefficient (Wildman–Crippen LogP) is 4.32. The standard InChI is InChI=1S/C27H24F2N6O2/c1-2-22(36)34-12-3-4-19(11-13-34)35-27-23(26(30)31-15-32-27)24(33-35)17-7-10-20(21(29)14-17)25(37)16-5-8-18(28)9-6-16/h2,5-10,14-15,19H,1,3-4,11-13H2,(H2,30,31,32). The molecule has 0 spiro atoms. The normalized spacial score (nSPS) is 15.9. The molecule has 0 aliphatic carbocycles. The number of halogens is 2. The number of amides is 1. The van der Waals surface area contributed by atoms with E-state index in [1.54, 1.807) is 15.6 Å². The molecule has 3 heterocycles. The molecule has 2 N–H and O–H groups in total. The summed E-state index contributed by atoms with van der Waals surface area (Å²) in [5.41, 5.74) is 7.57. The average Bonchev–Trinajstić information content (AvgIpc) is 3.12. The van der Waals surface area contributed by atoms with Crippen molar-refractivity contribution < 1.29 is 18.4 Å². The lowest BCUT2D eigenvalue weighted by Crippen LogP contribution is -2.30. The first-order valence-corrected chi connectivity index (χ1v) is 11.9. The molecule has 0 radical (unpaired) electrons. The van der Waals surface area contributed by atoms with Gasteiger partial charge in [-0.25, -0.2) is 23.4 Å². The average molecular weight is 503 g/mol. The molecule has 1 aliphatic rings. The monoisotopic (exact) mass is 502 g/mol. The second kappa shape index (κ2) is 9.88. The van der Waals surface area contributed by atoms with Gasteiger partial charge in [-0.05, 0) is 61.7 Å². The second-order valence-electron chi connectivity index (χ2n) is 8.90. The molecule has 2 aromatic carbocycles. The van der Waals surface area contributed by atoms with E-state index >= 15 is 4.39 Å². The fraction of sp³-hybridized carbons (Fsp3) is 0.222. The topological polar surface area (TPSA) is 107 Å². The number of nitrogens with two attached hydrogens (primary N) is 1. The number of carbonyl (C=O) groups is 2. The Kier molecular flexibility index (Phi) is 6.47. The molecule has 1 saturated heterocycles. The van der Waals surface area contributed by atoms with Crippen molar-refractivity contribution >= 4 is 28.5 Å². The Morgan fingerprint density at radius 1 is 1.05 bits per heavy atom. The van der Waals surface area contributed by atoms with E-state index in [2.05, 4.69) is 16.5 Å². The van der Waals surface area contributed by atoms with Gasteiger partial charge in [0.2, 0.25) is 5.91 Å². The van der Waals surface area contributed by atoms with Gasteiger partial charge >= 0.3 is 0 Å². The van der Waals surface area contributed by atoms with Crippen molar-refractivity contribution in [3.63, 3.8) is 0 Å². The molecule has 8 nitrogen and oxygen atoms in total. The van der Waals surface area contributed by atoms with E-state index in [0.717, 1.165) is 25.0 Å². The lowest BCUT2D eigenvalue weighted by molar-refractivity contribution is -0.125. The third-order valence-corrected chi connectivity index (χ3v) is 6.64. The van der Waals surface area contributed by atoms with Crippen molar-refractivity contribution in [2.24, 2.45) is 0 Å². The van der Waals surface area contributed by atoms with Gasteiger partial charge in [0.05, 0.1) is 17.0 Å². The van der Waals surface area contributed by atoms with Crippen LogP contribution in [0.1, 0.15) is 41.2 Å². The number of carbonyl (C=O) groups excluding carboxylic acids is 2. The zero-order valence-corrected chi connectivity index (χ0v) is 19.9. The van der Waals surface area contributed by atoms with Crippen LogP contribution in [-0.4, -0.2) is 49.4 Å². The number of nitrogen functional groups attached to an aromatic ring is 1. The Bertz CT molecular complexity index is 1520. The largest absolute Gasteiger partial charge is 0.383 e. The van der Waals surface area contributed by atoms with Gasteiger partial charge in [-0.15, -0.1) is 0 Å². The number of hydrogen-bond donors (Lipinski definition) is 1. The van der Waals surface area contributed by atoms with Crippen molar-refractivity contribution in [2.75, 3.05) is 18.8 Å². The van der Waals surface area contributed by atoms with E-state index < -0.39 is 17.4 Å². The Labute approximate surface area is 211 Å². The van der Waals surface area contributed by atoms with Gasteiger partial charge < -0.3 is 10.6 Å². The summed E-state index contributed by atoms with van der Waals surface area (Å²) in [6.07, 6.45) is 4.86.